The Kier molecular flexibility index (Phi) is 60.6. The molecule has 0 aliphatic heterocycles. The Labute approximate surface area is 549 Å². The third-order valence-corrected chi connectivity index (χ3v) is 18.6. The lowest BCUT2D eigenvalue weighted by atomic mass is 9.99. The van der Waals surface area contributed by atoms with E-state index in [1.54, 1.807) is 0 Å². The fourth-order valence-electron chi connectivity index (χ4n) is 10.7. The van der Waals surface area contributed by atoms with E-state index in [-0.39, 0.29) is 25.7 Å². The van der Waals surface area contributed by atoms with Crippen LogP contribution < -0.4 is 0 Å². The molecule has 0 amide bonds. The number of phosphoric ester groups is 2. The second kappa shape index (κ2) is 61.9. The van der Waals surface area contributed by atoms with Gasteiger partial charge in [0.25, 0.3) is 0 Å². The average Bonchev–Trinajstić information content (AvgIpc) is 2.75. The van der Waals surface area contributed by atoms with Gasteiger partial charge >= 0.3 is 39.5 Å². The van der Waals surface area contributed by atoms with Gasteiger partial charge in [0.15, 0.2) is 12.2 Å². The minimum Gasteiger partial charge on any atom is -0.462 e. The fraction of sp³-hybridized carbons (Fsp3) is 0.944. The molecule has 0 fully saturated rings. The van der Waals surface area contributed by atoms with Crippen LogP contribution in [-0.2, 0) is 65.4 Å². The number of carbonyl (C=O) groups is 4. The van der Waals surface area contributed by atoms with Gasteiger partial charge in [-0.2, -0.15) is 0 Å². The molecular formula is C71H138O17P2. The Balaban J connectivity index is 5.24. The molecule has 0 radical (unpaired) electrons. The van der Waals surface area contributed by atoms with Gasteiger partial charge in [0.2, 0.25) is 0 Å². The number of unbranched alkanes of at least 4 members (excludes halogenated alkanes) is 36. The molecule has 19 heteroatoms. The molecule has 0 aromatic heterocycles. The lowest BCUT2D eigenvalue weighted by Crippen LogP contribution is -2.30. The van der Waals surface area contributed by atoms with E-state index in [1.807, 2.05) is 0 Å². The molecule has 6 atom stereocenters. The third-order valence-electron chi connectivity index (χ3n) is 16.7. The predicted molar refractivity (Wildman–Crippen MR) is 363 cm³/mol. The fourth-order valence-corrected chi connectivity index (χ4v) is 12.3. The van der Waals surface area contributed by atoms with Crippen molar-refractivity contribution in [2.75, 3.05) is 39.6 Å². The molecule has 3 N–H and O–H groups in total. The summed E-state index contributed by atoms with van der Waals surface area (Å²) < 4.78 is 68.3. The van der Waals surface area contributed by atoms with Crippen molar-refractivity contribution in [1.29, 1.82) is 0 Å². The zero-order chi connectivity index (χ0) is 66.6. The third kappa shape index (κ3) is 63.5. The SMILES string of the molecule is CCCCCCCCCCC(=O)OC[C@H](COP(=O)(O)OC[C@H](O)COP(=O)(O)OC[C@@H](COC(=O)CCCCCCCCCCCCC(C)CC)OC(=O)CCCCCCCCCCCCCCCC(C)C)OC(=O)CCCCCCCCCCCC(C)C. The molecule has 0 heterocycles. The van der Waals surface area contributed by atoms with Crippen LogP contribution >= 0.6 is 15.6 Å². The van der Waals surface area contributed by atoms with E-state index < -0.39 is 97.5 Å². The minimum atomic E-state index is -4.95. The van der Waals surface area contributed by atoms with E-state index in [0.29, 0.717) is 25.7 Å². The Bertz CT molecular complexity index is 1770. The molecule has 3 unspecified atom stereocenters. The molecule has 17 nitrogen and oxygen atoms in total. The van der Waals surface area contributed by atoms with Gasteiger partial charge in [-0.25, -0.2) is 9.13 Å². The van der Waals surface area contributed by atoms with Crippen LogP contribution in [0.1, 0.15) is 357 Å². The van der Waals surface area contributed by atoms with Crippen LogP contribution in [0.3, 0.4) is 0 Å². The molecule has 0 aromatic rings. The van der Waals surface area contributed by atoms with Crippen LogP contribution in [-0.4, -0.2) is 96.7 Å². The molecule has 0 saturated heterocycles. The molecule has 0 spiro atoms. The van der Waals surface area contributed by atoms with Gasteiger partial charge in [0.1, 0.15) is 19.3 Å². The summed E-state index contributed by atoms with van der Waals surface area (Å²) in [6, 6.07) is 0. The Hall–Kier alpha value is -1.94. The lowest BCUT2D eigenvalue weighted by molar-refractivity contribution is -0.161. The van der Waals surface area contributed by atoms with E-state index >= 15 is 0 Å². The summed E-state index contributed by atoms with van der Waals surface area (Å²) in [4.78, 5) is 72.5. The number of carbonyl (C=O) groups excluding carboxylic acids is 4. The van der Waals surface area contributed by atoms with E-state index in [2.05, 4.69) is 48.5 Å². The number of esters is 4. The first-order chi connectivity index (χ1) is 43.3. The number of rotatable bonds is 69. The van der Waals surface area contributed by atoms with Crippen molar-refractivity contribution >= 4 is 39.5 Å². The lowest BCUT2D eigenvalue weighted by Gasteiger charge is -2.21. The maximum Gasteiger partial charge on any atom is 0.472 e. The van der Waals surface area contributed by atoms with Gasteiger partial charge in [-0.1, -0.05) is 305 Å². The van der Waals surface area contributed by atoms with E-state index in [9.17, 15) is 43.2 Å². The first-order valence-corrected chi connectivity index (χ1v) is 39.9. The van der Waals surface area contributed by atoms with Crippen molar-refractivity contribution in [3.63, 3.8) is 0 Å². The molecule has 90 heavy (non-hydrogen) atoms. The first-order valence-electron chi connectivity index (χ1n) is 36.9. The van der Waals surface area contributed by atoms with Crippen molar-refractivity contribution in [3.8, 4) is 0 Å². The number of hydrogen-bond donors (Lipinski definition) is 3. The van der Waals surface area contributed by atoms with Crippen LogP contribution in [0.15, 0.2) is 0 Å². The highest BCUT2D eigenvalue weighted by Gasteiger charge is 2.30. The molecule has 0 aromatic carbocycles. The minimum absolute atomic E-state index is 0.105. The van der Waals surface area contributed by atoms with Crippen molar-refractivity contribution < 1.29 is 80.2 Å². The average molecular weight is 1330 g/mol. The highest BCUT2D eigenvalue weighted by atomic mass is 31.2. The molecular weight excluding hydrogens is 1190 g/mol. The summed E-state index contributed by atoms with van der Waals surface area (Å²) in [5.41, 5.74) is 0. The summed E-state index contributed by atoms with van der Waals surface area (Å²) in [7, 11) is -9.90. The van der Waals surface area contributed by atoms with Crippen LogP contribution in [0.5, 0.6) is 0 Å². The molecule has 0 rings (SSSR count). The maximum atomic E-state index is 13.0. The molecule has 534 valence electrons. The van der Waals surface area contributed by atoms with Crippen molar-refractivity contribution in [2.24, 2.45) is 17.8 Å². The van der Waals surface area contributed by atoms with Gasteiger partial charge < -0.3 is 33.8 Å². The van der Waals surface area contributed by atoms with E-state index in [1.165, 1.54) is 161 Å². The zero-order valence-electron chi connectivity index (χ0n) is 58.6. The van der Waals surface area contributed by atoms with Crippen LogP contribution in [0, 0.1) is 17.8 Å². The van der Waals surface area contributed by atoms with E-state index in [0.717, 1.165) is 114 Å². The summed E-state index contributed by atoms with van der Waals surface area (Å²) in [5, 5.41) is 10.6. The summed E-state index contributed by atoms with van der Waals surface area (Å²) in [6.07, 6.45) is 45.7. The topological polar surface area (TPSA) is 237 Å². The summed E-state index contributed by atoms with van der Waals surface area (Å²) in [6.45, 7) is 11.9. The number of phosphoric acid groups is 2. The second-order valence-corrected chi connectivity index (χ2v) is 29.7. The smallest absolute Gasteiger partial charge is 0.462 e. The van der Waals surface area contributed by atoms with Gasteiger partial charge in [0, 0.05) is 25.7 Å². The van der Waals surface area contributed by atoms with Gasteiger partial charge in [-0.15, -0.1) is 0 Å². The predicted octanol–water partition coefficient (Wildman–Crippen LogP) is 20.2. The molecule has 0 aliphatic rings. The monoisotopic (exact) mass is 1320 g/mol. The van der Waals surface area contributed by atoms with Crippen molar-refractivity contribution in [2.45, 2.75) is 375 Å². The molecule has 0 saturated carbocycles. The Morgan fingerprint density at radius 1 is 0.322 bits per heavy atom. The summed E-state index contributed by atoms with van der Waals surface area (Å²) >= 11 is 0. The number of aliphatic hydroxyl groups excluding tert-OH is 1. The maximum absolute atomic E-state index is 13.0. The summed E-state index contributed by atoms with van der Waals surface area (Å²) in [5.74, 6) is 0.206. The second-order valence-electron chi connectivity index (χ2n) is 26.8. The highest BCUT2D eigenvalue weighted by Crippen LogP contribution is 2.45. The molecule has 0 aliphatic carbocycles. The number of ether oxygens (including phenoxy) is 4. The van der Waals surface area contributed by atoms with Crippen LogP contribution in [0.4, 0.5) is 0 Å². The zero-order valence-corrected chi connectivity index (χ0v) is 60.4. The number of aliphatic hydroxyl groups is 1. The number of hydrogen-bond acceptors (Lipinski definition) is 15. The first kappa shape index (κ1) is 88.1. The van der Waals surface area contributed by atoms with Crippen molar-refractivity contribution in [3.05, 3.63) is 0 Å². The largest absolute Gasteiger partial charge is 0.472 e. The van der Waals surface area contributed by atoms with Crippen LogP contribution in [0.2, 0.25) is 0 Å². The van der Waals surface area contributed by atoms with Crippen molar-refractivity contribution in [1.82, 2.24) is 0 Å². The van der Waals surface area contributed by atoms with Gasteiger partial charge in [-0.05, 0) is 43.4 Å². The van der Waals surface area contributed by atoms with Crippen LogP contribution in [0.25, 0.3) is 0 Å². The highest BCUT2D eigenvalue weighted by molar-refractivity contribution is 7.47. The standard InChI is InChI=1S/C71H138O17P2/c1-8-10-11-12-13-31-38-45-52-68(73)81-58-66(88-71(76)55-48-41-34-27-21-23-29-36-43-50-63(5)6)60-85-89(77,78)83-56-65(72)57-84-90(79,80)86-61-67(59-82-69(74)53-46-39-32-25-20-19-24-30-37-44-51-64(7)9-2)87-70(75)54-47-40-33-26-18-16-14-15-17-22-28-35-42-49-62(3)4/h62-67,72H,8-61H2,1-7H3,(H,77,78)(H,79,80)/t64?,65-,66+,67+/m0/s1. The Morgan fingerprint density at radius 2 is 0.567 bits per heavy atom. The van der Waals surface area contributed by atoms with Gasteiger partial charge in [-0.3, -0.25) is 37.3 Å². The van der Waals surface area contributed by atoms with Gasteiger partial charge in [0.05, 0.1) is 26.4 Å². The Morgan fingerprint density at radius 3 is 0.844 bits per heavy atom. The molecule has 0 bridgehead atoms. The quantitative estimate of drug-likeness (QED) is 0.0222. The van der Waals surface area contributed by atoms with E-state index in [4.69, 9.17) is 37.0 Å². The normalized spacial score (nSPS) is 14.5.